The molecule has 1 aliphatic rings. The Morgan fingerprint density at radius 2 is 2.23 bits per heavy atom. The van der Waals surface area contributed by atoms with Crippen LogP contribution < -0.4 is 16.7 Å². The van der Waals surface area contributed by atoms with E-state index in [9.17, 15) is 15.0 Å². The summed E-state index contributed by atoms with van der Waals surface area (Å²) in [6.07, 6.45) is 0.716. The highest BCUT2D eigenvalue weighted by Gasteiger charge is 2.43. The van der Waals surface area contributed by atoms with E-state index >= 15 is 0 Å². The number of aliphatic hydroxyl groups excluding tert-OH is 2. The number of anilines is 1. The fourth-order valence-electron chi connectivity index (χ4n) is 2.88. The van der Waals surface area contributed by atoms with Gasteiger partial charge in [0, 0.05) is 37.2 Å². The first kappa shape index (κ1) is 18.3. The summed E-state index contributed by atoms with van der Waals surface area (Å²) in [7, 11) is 0. The standard InChI is InChI=1S/C16H22N6O4/c1-3-21-8-10(9(2)20-21)6-18-7-11-13(23)14(24)15(26-11)22-5-4-12(17)19-16(22)25/h3-5,8,11,13-15,18,23-24H,1,6-7H2,2H3,(H2,17,19,25)/t11-,13-,14-,15-/m1/s1. The van der Waals surface area contributed by atoms with Crippen molar-refractivity contribution in [1.29, 1.82) is 0 Å². The third-order valence-corrected chi connectivity index (χ3v) is 4.33. The molecule has 0 aliphatic carbocycles. The van der Waals surface area contributed by atoms with Crippen LogP contribution in [0.5, 0.6) is 0 Å². The van der Waals surface area contributed by atoms with Gasteiger partial charge in [-0.3, -0.25) is 4.57 Å². The maximum atomic E-state index is 11.9. The van der Waals surface area contributed by atoms with Crippen molar-refractivity contribution in [2.75, 3.05) is 12.3 Å². The maximum Gasteiger partial charge on any atom is 0.351 e. The molecule has 2 aromatic rings. The van der Waals surface area contributed by atoms with E-state index < -0.39 is 30.2 Å². The molecule has 3 heterocycles. The Hall–Kier alpha value is -2.53. The summed E-state index contributed by atoms with van der Waals surface area (Å²) in [6.45, 7) is 6.33. The molecule has 1 fully saturated rings. The number of nitrogens with two attached hydrogens (primary N) is 1. The minimum atomic E-state index is -1.25. The Balaban J connectivity index is 1.63. The number of nitrogens with one attached hydrogen (secondary N) is 1. The summed E-state index contributed by atoms with van der Waals surface area (Å²) in [5.74, 6) is 0.0768. The zero-order valence-electron chi connectivity index (χ0n) is 14.3. The van der Waals surface area contributed by atoms with Crippen molar-refractivity contribution < 1.29 is 14.9 Å². The first-order valence-electron chi connectivity index (χ1n) is 8.15. The van der Waals surface area contributed by atoms with E-state index in [4.69, 9.17) is 10.5 Å². The largest absolute Gasteiger partial charge is 0.387 e. The van der Waals surface area contributed by atoms with E-state index in [1.165, 1.54) is 12.3 Å². The summed E-state index contributed by atoms with van der Waals surface area (Å²) >= 11 is 0. The van der Waals surface area contributed by atoms with E-state index in [0.717, 1.165) is 15.8 Å². The molecule has 0 unspecified atom stereocenters. The Kier molecular flexibility index (Phi) is 5.18. The van der Waals surface area contributed by atoms with Crippen LogP contribution in [-0.2, 0) is 11.3 Å². The van der Waals surface area contributed by atoms with Crippen LogP contribution in [0.1, 0.15) is 17.5 Å². The van der Waals surface area contributed by atoms with Crippen molar-refractivity contribution in [2.24, 2.45) is 0 Å². The van der Waals surface area contributed by atoms with Crippen molar-refractivity contribution in [3.05, 3.63) is 46.8 Å². The predicted molar refractivity (Wildman–Crippen MR) is 93.9 cm³/mol. The average Bonchev–Trinajstić information content (AvgIpc) is 3.10. The van der Waals surface area contributed by atoms with Gasteiger partial charge in [0.05, 0.1) is 5.69 Å². The van der Waals surface area contributed by atoms with Crippen LogP contribution in [0.15, 0.2) is 29.8 Å². The van der Waals surface area contributed by atoms with Crippen LogP contribution in [0, 0.1) is 6.92 Å². The molecule has 0 spiro atoms. The zero-order chi connectivity index (χ0) is 18.8. The third-order valence-electron chi connectivity index (χ3n) is 4.33. The van der Waals surface area contributed by atoms with Gasteiger partial charge in [-0.15, -0.1) is 0 Å². The van der Waals surface area contributed by atoms with E-state index in [-0.39, 0.29) is 12.4 Å². The van der Waals surface area contributed by atoms with Gasteiger partial charge in [0.25, 0.3) is 0 Å². The number of aryl methyl sites for hydroxylation is 1. The highest BCUT2D eigenvalue weighted by molar-refractivity contribution is 5.24. The van der Waals surface area contributed by atoms with Gasteiger partial charge in [-0.2, -0.15) is 10.1 Å². The fourth-order valence-corrected chi connectivity index (χ4v) is 2.88. The number of nitrogen functional groups attached to an aromatic ring is 1. The number of aromatic nitrogens is 4. The van der Waals surface area contributed by atoms with Crippen molar-refractivity contribution in [3.63, 3.8) is 0 Å². The molecule has 0 aromatic carbocycles. The number of nitrogens with zero attached hydrogens (tertiary/aromatic N) is 4. The Labute approximate surface area is 149 Å². The lowest BCUT2D eigenvalue weighted by Gasteiger charge is -2.17. The molecule has 0 saturated carbocycles. The van der Waals surface area contributed by atoms with Gasteiger partial charge in [-0.25, -0.2) is 9.48 Å². The second-order valence-corrected chi connectivity index (χ2v) is 6.12. The minimum absolute atomic E-state index is 0.0768. The number of ether oxygens (including phenoxy) is 1. The van der Waals surface area contributed by atoms with Crippen LogP contribution in [0.4, 0.5) is 5.82 Å². The van der Waals surface area contributed by atoms with Gasteiger partial charge >= 0.3 is 5.69 Å². The SMILES string of the molecule is C=Cn1cc(CNC[C@H]2O[C@@H](n3ccc(N)nc3=O)[C@H](O)[C@@H]2O)c(C)n1. The fraction of sp³-hybridized carbons (Fsp3) is 0.438. The monoisotopic (exact) mass is 362 g/mol. The molecule has 10 heteroatoms. The van der Waals surface area contributed by atoms with E-state index in [1.54, 1.807) is 10.9 Å². The zero-order valence-corrected chi connectivity index (χ0v) is 14.3. The average molecular weight is 362 g/mol. The second kappa shape index (κ2) is 7.38. The number of hydrogen-bond donors (Lipinski definition) is 4. The summed E-state index contributed by atoms with van der Waals surface area (Å²) in [5.41, 5.74) is 6.65. The predicted octanol–water partition coefficient (Wildman–Crippen LogP) is -1.16. The lowest BCUT2D eigenvalue weighted by molar-refractivity contribution is -0.0390. The molecule has 10 nitrogen and oxygen atoms in total. The van der Waals surface area contributed by atoms with Gasteiger partial charge in [0.1, 0.15) is 24.1 Å². The summed E-state index contributed by atoms with van der Waals surface area (Å²) in [5, 5.41) is 27.9. The van der Waals surface area contributed by atoms with Crippen molar-refractivity contribution in [3.8, 4) is 0 Å². The molecule has 1 saturated heterocycles. The topological polar surface area (TPSA) is 140 Å². The third kappa shape index (κ3) is 3.53. The molecule has 0 bridgehead atoms. The van der Waals surface area contributed by atoms with Crippen LogP contribution in [0.2, 0.25) is 0 Å². The molecular formula is C16H22N6O4. The second-order valence-electron chi connectivity index (χ2n) is 6.12. The quantitative estimate of drug-likeness (QED) is 0.504. The summed E-state index contributed by atoms with van der Waals surface area (Å²) in [4.78, 5) is 15.5. The Morgan fingerprint density at radius 3 is 2.88 bits per heavy atom. The molecule has 140 valence electrons. The number of aliphatic hydroxyl groups is 2. The van der Waals surface area contributed by atoms with Crippen LogP contribution in [-0.4, -0.2) is 54.4 Å². The van der Waals surface area contributed by atoms with Crippen molar-refractivity contribution in [1.82, 2.24) is 24.6 Å². The highest BCUT2D eigenvalue weighted by Crippen LogP contribution is 2.28. The molecule has 3 rings (SSSR count). The van der Waals surface area contributed by atoms with Crippen molar-refractivity contribution in [2.45, 2.75) is 38.0 Å². The Morgan fingerprint density at radius 1 is 1.46 bits per heavy atom. The molecular weight excluding hydrogens is 340 g/mol. The molecule has 0 amide bonds. The van der Waals surface area contributed by atoms with Crippen molar-refractivity contribution >= 4 is 12.0 Å². The van der Waals surface area contributed by atoms with Crippen LogP contribution >= 0.6 is 0 Å². The molecule has 2 aromatic heterocycles. The first-order valence-corrected chi connectivity index (χ1v) is 8.15. The number of rotatable bonds is 6. The van der Waals surface area contributed by atoms with E-state index in [1.807, 2.05) is 13.1 Å². The van der Waals surface area contributed by atoms with Crippen LogP contribution in [0.3, 0.4) is 0 Å². The molecule has 5 N–H and O–H groups in total. The highest BCUT2D eigenvalue weighted by atomic mass is 16.6. The Bertz CT molecular complexity index is 848. The van der Waals surface area contributed by atoms with E-state index in [2.05, 4.69) is 22.0 Å². The molecule has 4 atom stereocenters. The van der Waals surface area contributed by atoms with Gasteiger partial charge in [0.15, 0.2) is 6.23 Å². The first-order chi connectivity index (χ1) is 12.4. The lowest BCUT2D eigenvalue weighted by Crippen LogP contribution is -2.38. The van der Waals surface area contributed by atoms with Gasteiger partial charge in [-0.05, 0) is 13.0 Å². The minimum Gasteiger partial charge on any atom is -0.387 e. The smallest absolute Gasteiger partial charge is 0.351 e. The van der Waals surface area contributed by atoms with E-state index in [0.29, 0.717) is 6.54 Å². The summed E-state index contributed by atoms with van der Waals surface area (Å²) in [6, 6.07) is 1.43. The molecule has 26 heavy (non-hydrogen) atoms. The lowest BCUT2D eigenvalue weighted by atomic mass is 10.1. The normalized spacial score (nSPS) is 25.5. The summed E-state index contributed by atoms with van der Waals surface area (Å²) < 4.78 is 8.40. The maximum absolute atomic E-state index is 11.9. The van der Waals surface area contributed by atoms with Gasteiger partial charge in [0.2, 0.25) is 0 Å². The molecule has 1 aliphatic heterocycles. The number of hydrogen-bond acceptors (Lipinski definition) is 8. The molecule has 0 radical (unpaired) electrons. The van der Waals surface area contributed by atoms with Gasteiger partial charge in [-0.1, -0.05) is 6.58 Å². The van der Waals surface area contributed by atoms with Crippen LogP contribution in [0.25, 0.3) is 6.20 Å². The van der Waals surface area contributed by atoms with Gasteiger partial charge < -0.3 is 26.0 Å².